The lowest BCUT2D eigenvalue weighted by Gasteiger charge is -2.13. The van der Waals surface area contributed by atoms with Gasteiger partial charge in [-0.3, -0.25) is 0 Å². The standard InChI is InChI=1S/C33H29F3O2/c1-3-4-6-11-26-16-17-28(21-29(26)34)38-33(37)32-30(35)19-27(20-31(32)36)25-14-12-23(13-15-25)18-22(2)24-9-7-5-8-10-24/h3-5,7-10,12-17,19-22H,6,11,18H2,1-2H3/b4-3+/t22-/m1/s1. The molecule has 0 bridgehead atoms. The number of rotatable bonds is 9. The number of hydrogen-bond acceptors (Lipinski definition) is 2. The topological polar surface area (TPSA) is 26.3 Å². The van der Waals surface area contributed by atoms with Gasteiger partial charge in [0, 0.05) is 6.07 Å². The molecule has 0 heterocycles. The first-order valence-electron chi connectivity index (χ1n) is 12.6. The van der Waals surface area contributed by atoms with E-state index in [1.54, 1.807) is 12.1 Å². The predicted octanol–water partition coefficient (Wildman–Crippen LogP) is 8.85. The highest BCUT2D eigenvalue weighted by Crippen LogP contribution is 2.28. The average molecular weight is 515 g/mol. The summed E-state index contributed by atoms with van der Waals surface area (Å²) in [7, 11) is 0. The van der Waals surface area contributed by atoms with Crippen LogP contribution in [0, 0.1) is 17.5 Å². The Morgan fingerprint density at radius 1 is 0.842 bits per heavy atom. The van der Waals surface area contributed by atoms with Crippen molar-refractivity contribution in [1.82, 2.24) is 0 Å². The maximum atomic E-state index is 14.9. The first-order chi connectivity index (χ1) is 18.4. The van der Waals surface area contributed by atoms with Gasteiger partial charge in [0.05, 0.1) is 0 Å². The molecule has 0 unspecified atom stereocenters. The molecule has 0 saturated carbocycles. The summed E-state index contributed by atoms with van der Waals surface area (Å²) in [5, 5.41) is 0. The molecule has 0 fully saturated rings. The van der Waals surface area contributed by atoms with E-state index in [2.05, 4.69) is 19.1 Å². The molecular weight excluding hydrogens is 485 g/mol. The number of aryl methyl sites for hydroxylation is 1. The fourth-order valence-electron chi connectivity index (χ4n) is 4.38. The molecule has 0 radical (unpaired) electrons. The summed E-state index contributed by atoms with van der Waals surface area (Å²) in [6, 6.07) is 23.8. The number of carbonyl (C=O) groups excluding carboxylic acids is 1. The van der Waals surface area contributed by atoms with Gasteiger partial charge >= 0.3 is 5.97 Å². The third-order valence-corrected chi connectivity index (χ3v) is 6.50. The fraction of sp³-hybridized carbons (Fsp3) is 0.182. The van der Waals surface area contributed by atoms with E-state index in [4.69, 9.17) is 4.74 Å². The molecule has 4 rings (SSSR count). The molecule has 5 heteroatoms. The van der Waals surface area contributed by atoms with Crippen LogP contribution in [0.3, 0.4) is 0 Å². The molecule has 4 aromatic carbocycles. The van der Waals surface area contributed by atoms with Crippen LogP contribution in [0.2, 0.25) is 0 Å². The highest BCUT2D eigenvalue weighted by Gasteiger charge is 2.22. The lowest BCUT2D eigenvalue weighted by Crippen LogP contribution is -2.13. The van der Waals surface area contributed by atoms with Crippen molar-refractivity contribution in [1.29, 1.82) is 0 Å². The first-order valence-corrected chi connectivity index (χ1v) is 12.6. The van der Waals surface area contributed by atoms with E-state index >= 15 is 0 Å². The van der Waals surface area contributed by atoms with Crippen molar-refractivity contribution >= 4 is 5.97 Å². The number of carbonyl (C=O) groups is 1. The zero-order valence-corrected chi connectivity index (χ0v) is 21.4. The van der Waals surface area contributed by atoms with Crippen LogP contribution in [-0.4, -0.2) is 5.97 Å². The Balaban J connectivity index is 1.46. The lowest BCUT2D eigenvalue weighted by molar-refractivity contribution is 0.0724. The zero-order valence-electron chi connectivity index (χ0n) is 21.4. The molecule has 0 spiro atoms. The SMILES string of the molecule is C/C=C/CCc1ccc(OC(=O)c2c(F)cc(-c3ccc(C[C@@H](C)c4ccccc4)cc3)cc2F)cc1F. The third kappa shape index (κ3) is 6.60. The summed E-state index contributed by atoms with van der Waals surface area (Å²) >= 11 is 0. The lowest BCUT2D eigenvalue weighted by atomic mass is 9.93. The summed E-state index contributed by atoms with van der Waals surface area (Å²) in [5.41, 5.74) is 2.91. The molecule has 0 saturated heterocycles. The van der Waals surface area contributed by atoms with Crippen molar-refractivity contribution in [3.05, 3.63) is 137 Å². The van der Waals surface area contributed by atoms with Crippen molar-refractivity contribution in [2.75, 3.05) is 0 Å². The molecule has 38 heavy (non-hydrogen) atoms. The van der Waals surface area contributed by atoms with E-state index in [0.717, 1.165) is 30.2 Å². The Kier molecular flexibility index (Phi) is 8.80. The average Bonchev–Trinajstić information content (AvgIpc) is 2.90. The maximum absolute atomic E-state index is 14.9. The number of hydrogen-bond donors (Lipinski definition) is 0. The predicted molar refractivity (Wildman–Crippen MR) is 145 cm³/mol. The van der Waals surface area contributed by atoms with Crippen molar-refractivity contribution in [2.45, 2.75) is 39.0 Å². The van der Waals surface area contributed by atoms with Crippen LogP contribution in [0.4, 0.5) is 13.2 Å². The minimum Gasteiger partial charge on any atom is -0.423 e. The second-order valence-electron chi connectivity index (χ2n) is 9.28. The van der Waals surface area contributed by atoms with Crippen molar-refractivity contribution in [2.24, 2.45) is 0 Å². The van der Waals surface area contributed by atoms with Gasteiger partial charge in [-0.25, -0.2) is 18.0 Å². The smallest absolute Gasteiger partial charge is 0.349 e. The summed E-state index contributed by atoms with van der Waals surface area (Å²) in [6.07, 6.45) is 5.79. The monoisotopic (exact) mass is 514 g/mol. The number of ether oxygens (including phenoxy) is 1. The van der Waals surface area contributed by atoms with Crippen LogP contribution < -0.4 is 4.74 Å². The van der Waals surface area contributed by atoms with E-state index in [1.807, 2.05) is 49.4 Å². The van der Waals surface area contributed by atoms with Gasteiger partial charge < -0.3 is 4.74 Å². The summed E-state index contributed by atoms with van der Waals surface area (Å²) in [5.74, 6) is -3.66. The van der Waals surface area contributed by atoms with Gasteiger partial charge in [-0.2, -0.15) is 0 Å². The van der Waals surface area contributed by atoms with Crippen LogP contribution in [-0.2, 0) is 12.8 Å². The quantitative estimate of drug-likeness (QED) is 0.127. The van der Waals surface area contributed by atoms with Crippen LogP contribution in [0.1, 0.15) is 53.2 Å². The molecule has 1 atom stereocenters. The Labute approximate surface area is 221 Å². The minimum absolute atomic E-state index is 0.120. The first kappa shape index (κ1) is 26.9. The van der Waals surface area contributed by atoms with Gasteiger partial charge in [-0.15, -0.1) is 0 Å². The third-order valence-electron chi connectivity index (χ3n) is 6.50. The molecule has 194 valence electrons. The van der Waals surface area contributed by atoms with Crippen LogP contribution in [0.25, 0.3) is 11.1 Å². The molecule has 0 amide bonds. The molecule has 0 aliphatic carbocycles. The molecular formula is C33H29F3O2. The van der Waals surface area contributed by atoms with E-state index in [9.17, 15) is 18.0 Å². The van der Waals surface area contributed by atoms with E-state index in [0.29, 0.717) is 35.4 Å². The highest BCUT2D eigenvalue weighted by atomic mass is 19.1. The second-order valence-corrected chi connectivity index (χ2v) is 9.28. The molecule has 0 aliphatic rings. The Morgan fingerprint density at radius 3 is 2.16 bits per heavy atom. The maximum Gasteiger partial charge on any atom is 0.349 e. The normalized spacial score (nSPS) is 12.0. The second kappa shape index (κ2) is 12.4. The summed E-state index contributed by atoms with van der Waals surface area (Å²) < 4.78 is 49.2. The number of allylic oxidation sites excluding steroid dienone is 2. The van der Waals surface area contributed by atoms with Crippen LogP contribution >= 0.6 is 0 Å². The van der Waals surface area contributed by atoms with Gasteiger partial charge in [-0.1, -0.05) is 79.7 Å². The minimum atomic E-state index is -1.22. The van der Waals surface area contributed by atoms with Crippen molar-refractivity contribution in [3.63, 3.8) is 0 Å². The van der Waals surface area contributed by atoms with Crippen LogP contribution in [0.15, 0.2) is 97.1 Å². The van der Waals surface area contributed by atoms with Gasteiger partial charge in [-0.05, 0) is 78.1 Å². The summed E-state index contributed by atoms with van der Waals surface area (Å²) in [6.45, 7) is 4.04. The van der Waals surface area contributed by atoms with E-state index < -0.39 is 29.0 Å². The zero-order chi connectivity index (χ0) is 27.1. The van der Waals surface area contributed by atoms with E-state index in [-0.39, 0.29) is 5.75 Å². The Morgan fingerprint density at radius 2 is 1.53 bits per heavy atom. The molecule has 0 aromatic heterocycles. The number of halogens is 3. The Hall–Kier alpha value is -4.12. The molecule has 4 aromatic rings. The molecule has 0 N–H and O–H groups in total. The van der Waals surface area contributed by atoms with Gasteiger partial charge in [0.1, 0.15) is 28.8 Å². The number of benzene rings is 4. The van der Waals surface area contributed by atoms with E-state index in [1.165, 1.54) is 17.7 Å². The molecule has 0 aliphatic heterocycles. The van der Waals surface area contributed by atoms with Gasteiger partial charge in [0.2, 0.25) is 0 Å². The highest BCUT2D eigenvalue weighted by molar-refractivity contribution is 5.92. The number of esters is 1. The van der Waals surface area contributed by atoms with Crippen LogP contribution in [0.5, 0.6) is 5.75 Å². The Bertz CT molecular complexity index is 1400. The summed E-state index contributed by atoms with van der Waals surface area (Å²) in [4.78, 5) is 12.5. The molecule has 2 nitrogen and oxygen atoms in total. The fourth-order valence-corrected chi connectivity index (χ4v) is 4.38. The van der Waals surface area contributed by atoms with Gasteiger partial charge in [0.25, 0.3) is 0 Å². The van der Waals surface area contributed by atoms with Gasteiger partial charge in [0.15, 0.2) is 0 Å². The van der Waals surface area contributed by atoms with Crippen molar-refractivity contribution < 1.29 is 22.7 Å². The largest absolute Gasteiger partial charge is 0.423 e. The van der Waals surface area contributed by atoms with Crippen molar-refractivity contribution in [3.8, 4) is 16.9 Å².